The van der Waals surface area contributed by atoms with E-state index in [2.05, 4.69) is 15.6 Å². The molecule has 2 aromatic carbocycles. The van der Waals surface area contributed by atoms with Crippen molar-refractivity contribution < 1.29 is 0 Å². The molecule has 0 amide bonds. The molecule has 1 aromatic heterocycles. The van der Waals surface area contributed by atoms with Crippen LogP contribution < -0.4 is 11.2 Å². The lowest BCUT2D eigenvalue weighted by molar-refractivity contribution is 0.884. The smallest absolute Gasteiger partial charge is 0.184 e. The minimum absolute atomic E-state index is 0.123. The maximum Gasteiger partial charge on any atom is 0.184 e. The van der Waals surface area contributed by atoms with Crippen LogP contribution in [0, 0.1) is 0 Å². The van der Waals surface area contributed by atoms with Crippen molar-refractivity contribution in [1.82, 2.24) is 15.2 Å². The first-order valence-corrected chi connectivity index (χ1v) is 7.44. The summed E-state index contributed by atoms with van der Waals surface area (Å²) in [7, 11) is 0. The lowest BCUT2D eigenvalue weighted by Crippen LogP contribution is -2.24. The fourth-order valence-corrected chi connectivity index (χ4v) is 2.23. The Bertz CT molecular complexity index is 825. The van der Waals surface area contributed by atoms with E-state index in [1.807, 2.05) is 71.5 Å². The number of hydrogen-bond donors (Lipinski definition) is 2. The van der Waals surface area contributed by atoms with Gasteiger partial charge in [0.15, 0.2) is 5.11 Å². The van der Waals surface area contributed by atoms with Crippen molar-refractivity contribution in [2.24, 2.45) is 10.8 Å². The second-order valence-corrected chi connectivity index (χ2v) is 5.25. The molecule has 23 heavy (non-hydrogen) atoms. The van der Waals surface area contributed by atoms with Crippen LogP contribution in [-0.4, -0.2) is 21.1 Å². The van der Waals surface area contributed by atoms with Gasteiger partial charge in [-0.05, 0) is 24.4 Å². The summed E-state index contributed by atoms with van der Waals surface area (Å²) in [5, 5.41) is 8.84. The highest BCUT2D eigenvalue weighted by molar-refractivity contribution is 7.80. The zero-order valence-electron chi connectivity index (χ0n) is 12.3. The summed E-state index contributed by atoms with van der Waals surface area (Å²) in [5.74, 6) is 0. The van der Waals surface area contributed by atoms with E-state index >= 15 is 0 Å². The van der Waals surface area contributed by atoms with Crippen LogP contribution in [0.4, 0.5) is 0 Å². The van der Waals surface area contributed by atoms with Gasteiger partial charge in [-0.15, -0.1) is 0 Å². The molecule has 3 rings (SSSR count). The van der Waals surface area contributed by atoms with Gasteiger partial charge in [0.2, 0.25) is 0 Å². The van der Waals surface area contributed by atoms with Crippen LogP contribution in [0.15, 0.2) is 72.0 Å². The molecule has 114 valence electrons. The molecule has 0 aliphatic heterocycles. The lowest BCUT2D eigenvalue weighted by atomic mass is 10.1. The van der Waals surface area contributed by atoms with E-state index in [1.165, 1.54) is 0 Å². The van der Waals surface area contributed by atoms with Crippen molar-refractivity contribution >= 4 is 23.5 Å². The summed E-state index contributed by atoms with van der Waals surface area (Å²) < 4.78 is 1.82. The van der Waals surface area contributed by atoms with E-state index in [1.54, 1.807) is 6.21 Å². The number of nitrogens with one attached hydrogen (secondary N) is 1. The molecular formula is C17H15N5S. The molecule has 6 heteroatoms. The molecule has 0 radical (unpaired) electrons. The molecule has 3 aromatic rings. The van der Waals surface area contributed by atoms with Crippen molar-refractivity contribution in [3.05, 3.63) is 72.4 Å². The van der Waals surface area contributed by atoms with Gasteiger partial charge in [0.25, 0.3) is 0 Å². The van der Waals surface area contributed by atoms with E-state index in [4.69, 9.17) is 18.0 Å². The highest BCUT2D eigenvalue weighted by Crippen LogP contribution is 2.22. The third-order valence-electron chi connectivity index (χ3n) is 3.19. The highest BCUT2D eigenvalue weighted by atomic mass is 32.1. The Morgan fingerprint density at radius 3 is 2.39 bits per heavy atom. The fraction of sp³-hybridized carbons (Fsp3) is 0. The molecule has 0 unspecified atom stereocenters. The normalized spacial score (nSPS) is 10.8. The van der Waals surface area contributed by atoms with Gasteiger partial charge in [-0.1, -0.05) is 48.5 Å². The largest absolute Gasteiger partial charge is 0.375 e. The number of hydrogen-bond acceptors (Lipinski definition) is 3. The minimum atomic E-state index is 0.123. The van der Waals surface area contributed by atoms with Gasteiger partial charge in [-0.2, -0.15) is 10.2 Å². The summed E-state index contributed by atoms with van der Waals surface area (Å²) in [6, 6.07) is 19.9. The summed E-state index contributed by atoms with van der Waals surface area (Å²) in [4.78, 5) is 0. The van der Waals surface area contributed by atoms with Gasteiger partial charge in [-0.3, -0.25) is 5.43 Å². The van der Waals surface area contributed by atoms with Crippen LogP contribution in [0.5, 0.6) is 0 Å². The molecule has 0 saturated carbocycles. The van der Waals surface area contributed by atoms with Crippen molar-refractivity contribution in [3.63, 3.8) is 0 Å². The molecule has 0 fully saturated rings. The van der Waals surface area contributed by atoms with Gasteiger partial charge in [0.1, 0.15) is 5.69 Å². The average Bonchev–Trinajstić information content (AvgIpc) is 3.00. The number of aromatic nitrogens is 2. The maximum absolute atomic E-state index is 5.39. The van der Waals surface area contributed by atoms with Crippen molar-refractivity contribution in [2.45, 2.75) is 0 Å². The standard InChI is InChI=1S/C17H15N5S/c18-17(23)20-19-11-14-12-22(15-9-5-2-6-10-15)21-16(14)13-7-3-1-4-8-13/h1-12H,(H3,18,20,23). The van der Waals surface area contributed by atoms with E-state index in [-0.39, 0.29) is 5.11 Å². The quantitative estimate of drug-likeness (QED) is 0.440. The minimum Gasteiger partial charge on any atom is -0.375 e. The van der Waals surface area contributed by atoms with Gasteiger partial charge >= 0.3 is 0 Å². The third-order valence-corrected chi connectivity index (χ3v) is 3.28. The van der Waals surface area contributed by atoms with Crippen molar-refractivity contribution in [2.75, 3.05) is 0 Å². The first kappa shape index (κ1) is 14.9. The van der Waals surface area contributed by atoms with Gasteiger partial charge in [0.05, 0.1) is 11.9 Å². The Hall–Kier alpha value is -2.99. The molecule has 0 aliphatic carbocycles. The van der Waals surface area contributed by atoms with E-state index < -0.39 is 0 Å². The van der Waals surface area contributed by atoms with Gasteiger partial charge in [0, 0.05) is 17.3 Å². The lowest BCUT2D eigenvalue weighted by Gasteiger charge is -2.00. The first-order valence-electron chi connectivity index (χ1n) is 7.03. The van der Waals surface area contributed by atoms with Gasteiger partial charge < -0.3 is 5.73 Å². The molecule has 1 heterocycles. The molecular weight excluding hydrogens is 306 g/mol. The number of hydrazone groups is 1. The Morgan fingerprint density at radius 2 is 1.74 bits per heavy atom. The number of nitrogens with two attached hydrogens (primary N) is 1. The third kappa shape index (κ3) is 3.61. The topological polar surface area (TPSA) is 68.2 Å². The fourth-order valence-electron chi connectivity index (χ4n) is 2.18. The van der Waals surface area contributed by atoms with Gasteiger partial charge in [-0.25, -0.2) is 4.68 Å². The molecule has 3 N–H and O–H groups in total. The summed E-state index contributed by atoms with van der Waals surface area (Å²) in [6.07, 6.45) is 3.58. The predicted molar refractivity (Wildman–Crippen MR) is 96.5 cm³/mol. The Labute approximate surface area is 139 Å². The summed E-state index contributed by atoms with van der Waals surface area (Å²) in [5.41, 5.74) is 11.6. The summed E-state index contributed by atoms with van der Waals surface area (Å²) in [6.45, 7) is 0. The summed E-state index contributed by atoms with van der Waals surface area (Å²) >= 11 is 4.75. The first-order chi connectivity index (χ1) is 11.2. The Kier molecular flexibility index (Phi) is 4.44. The number of benzene rings is 2. The van der Waals surface area contributed by atoms with Crippen LogP contribution in [0.25, 0.3) is 16.9 Å². The van der Waals surface area contributed by atoms with Crippen LogP contribution >= 0.6 is 12.2 Å². The Balaban J connectivity index is 2.03. The van der Waals surface area contributed by atoms with Crippen LogP contribution in [0.1, 0.15) is 5.56 Å². The second-order valence-electron chi connectivity index (χ2n) is 4.81. The molecule has 0 spiro atoms. The molecule has 0 atom stereocenters. The monoisotopic (exact) mass is 321 g/mol. The number of para-hydroxylation sites is 1. The highest BCUT2D eigenvalue weighted by Gasteiger charge is 2.10. The van der Waals surface area contributed by atoms with Crippen LogP contribution in [0.3, 0.4) is 0 Å². The maximum atomic E-state index is 5.39. The molecule has 0 saturated heterocycles. The number of rotatable bonds is 4. The second kappa shape index (κ2) is 6.85. The van der Waals surface area contributed by atoms with E-state index in [9.17, 15) is 0 Å². The van der Waals surface area contributed by atoms with E-state index in [0.717, 1.165) is 22.5 Å². The van der Waals surface area contributed by atoms with Crippen LogP contribution in [-0.2, 0) is 0 Å². The Morgan fingerprint density at radius 1 is 1.09 bits per heavy atom. The van der Waals surface area contributed by atoms with Crippen molar-refractivity contribution in [3.8, 4) is 16.9 Å². The van der Waals surface area contributed by atoms with E-state index in [0.29, 0.717) is 0 Å². The average molecular weight is 321 g/mol. The number of nitrogens with zero attached hydrogens (tertiary/aromatic N) is 3. The predicted octanol–water partition coefficient (Wildman–Crippen LogP) is 2.71. The molecule has 0 aliphatic rings. The van der Waals surface area contributed by atoms with Crippen LogP contribution in [0.2, 0.25) is 0 Å². The molecule has 0 bridgehead atoms. The molecule has 5 nitrogen and oxygen atoms in total. The van der Waals surface area contributed by atoms with Crippen molar-refractivity contribution in [1.29, 1.82) is 0 Å². The number of thiocarbonyl (C=S) groups is 1. The zero-order valence-corrected chi connectivity index (χ0v) is 13.1. The zero-order chi connectivity index (χ0) is 16.1. The SMILES string of the molecule is NC(=S)NN=Cc1cn(-c2ccccc2)nc1-c1ccccc1.